The zero-order valence-corrected chi connectivity index (χ0v) is 21.3. The molecule has 0 saturated heterocycles. The van der Waals surface area contributed by atoms with Crippen molar-refractivity contribution in [3.05, 3.63) is 57.8 Å². The van der Waals surface area contributed by atoms with Crippen LogP contribution in [0.4, 0.5) is 5.69 Å². The van der Waals surface area contributed by atoms with Crippen LogP contribution in [0.2, 0.25) is 0 Å². The molecule has 9 nitrogen and oxygen atoms in total. The van der Waals surface area contributed by atoms with Gasteiger partial charge in [-0.2, -0.15) is 0 Å². The number of nitrogens with one attached hydrogen (secondary N) is 2. The van der Waals surface area contributed by atoms with Crippen LogP contribution in [0.1, 0.15) is 41.5 Å². The lowest BCUT2D eigenvalue weighted by molar-refractivity contribution is -0.113. The van der Waals surface area contributed by atoms with E-state index >= 15 is 0 Å². The smallest absolute Gasteiger partial charge is 0.251 e. The third-order valence-electron chi connectivity index (χ3n) is 5.21. The van der Waals surface area contributed by atoms with Crippen molar-refractivity contribution in [2.24, 2.45) is 7.05 Å². The lowest BCUT2D eigenvalue weighted by Gasteiger charge is -2.14. The molecule has 0 saturated carbocycles. The van der Waals surface area contributed by atoms with Crippen LogP contribution in [0.3, 0.4) is 0 Å². The fourth-order valence-corrected chi connectivity index (χ4v) is 4.47. The number of carbonyl (C=O) groups is 2. The van der Waals surface area contributed by atoms with Crippen LogP contribution in [-0.2, 0) is 18.4 Å². The Hall–Kier alpha value is -3.05. The van der Waals surface area contributed by atoms with Gasteiger partial charge in [-0.25, -0.2) is 0 Å². The van der Waals surface area contributed by atoms with Crippen molar-refractivity contribution in [1.29, 1.82) is 0 Å². The van der Waals surface area contributed by atoms with Crippen LogP contribution in [0.5, 0.6) is 11.5 Å². The van der Waals surface area contributed by atoms with Crippen LogP contribution in [0.25, 0.3) is 0 Å². The van der Waals surface area contributed by atoms with Gasteiger partial charge in [0.05, 0.1) is 12.3 Å². The predicted molar refractivity (Wildman–Crippen MR) is 132 cm³/mol. The second kappa shape index (κ2) is 10.5. The number of anilines is 1. The molecule has 2 N–H and O–H groups in total. The van der Waals surface area contributed by atoms with Gasteiger partial charge in [-0.15, -0.1) is 10.2 Å². The SMILES string of the molecule is CC(C)c1cc(Br)ccc1NC(=O)CSc1nnc(CNC(=O)c2ccc3c(c2)OCO3)n1C. The molecule has 1 aromatic heterocycles. The molecule has 4 rings (SSSR count). The molecule has 11 heteroatoms. The minimum absolute atomic E-state index is 0.130. The van der Waals surface area contributed by atoms with Crippen molar-refractivity contribution in [2.45, 2.75) is 31.5 Å². The number of amides is 2. The van der Waals surface area contributed by atoms with Crippen LogP contribution in [0, 0.1) is 0 Å². The summed E-state index contributed by atoms with van der Waals surface area (Å²) in [6.45, 7) is 4.51. The fraction of sp³-hybridized carbons (Fsp3) is 0.304. The van der Waals surface area contributed by atoms with Gasteiger partial charge in [-0.1, -0.05) is 41.5 Å². The van der Waals surface area contributed by atoms with Gasteiger partial charge < -0.3 is 24.7 Å². The van der Waals surface area contributed by atoms with Gasteiger partial charge in [0.15, 0.2) is 22.5 Å². The van der Waals surface area contributed by atoms with E-state index in [9.17, 15) is 9.59 Å². The summed E-state index contributed by atoms with van der Waals surface area (Å²) in [6, 6.07) is 10.8. The minimum atomic E-state index is -0.259. The van der Waals surface area contributed by atoms with Gasteiger partial charge in [0, 0.05) is 22.8 Å². The first-order valence-electron chi connectivity index (χ1n) is 10.6. The second-order valence-electron chi connectivity index (χ2n) is 7.93. The van der Waals surface area contributed by atoms with E-state index in [0.29, 0.717) is 28.0 Å². The molecule has 1 aliphatic heterocycles. The zero-order chi connectivity index (χ0) is 24.2. The summed E-state index contributed by atoms with van der Waals surface area (Å²) < 4.78 is 13.3. The Morgan fingerprint density at radius 1 is 1.15 bits per heavy atom. The summed E-state index contributed by atoms with van der Waals surface area (Å²) >= 11 is 4.76. The molecular formula is C23H24BrN5O4S. The van der Waals surface area contributed by atoms with Gasteiger partial charge in [-0.05, 0) is 47.9 Å². The molecule has 0 unspecified atom stereocenters. The van der Waals surface area contributed by atoms with E-state index < -0.39 is 0 Å². The number of rotatable bonds is 8. The lowest BCUT2D eigenvalue weighted by atomic mass is 10.0. The quantitative estimate of drug-likeness (QED) is 0.410. The molecule has 3 aromatic rings. The number of thioether (sulfide) groups is 1. The van der Waals surface area contributed by atoms with Crippen molar-refractivity contribution in [1.82, 2.24) is 20.1 Å². The second-order valence-corrected chi connectivity index (χ2v) is 9.79. The van der Waals surface area contributed by atoms with Crippen LogP contribution >= 0.6 is 27.7 Å². The van der Waals surface area contributed by atoms with E-state index in [1.165, 1.54) is 11.8 Å². The van der Waals surface area contributed by atoms with Crippen molar-refractivity contribution in [2.75, 3.05) is 17.9 Å². The molecule has 0 atom stereocenters. The minimum Gasteiger partial charge on any atom is -0.454 e. The van der Waals surface area contributed by atoms with E-state index in [4.69, 9.17) is 9.47 Å². The highest BCUT2D eigenvalue weighted by Gasteiger charge is 2.18. The standard InChI is InChI=1S/C23H24BrN5O4S/c1-13(2)16-9-15(24)5-6-17(16)26-21(30)11-34-23-28-27-20(29(23)3)10-25-22(31)14-4-7-18-19(8-14)33-12-32-18/h4-9,13H,10-12H2,1-3H3,(H,25,31)(H,26,30). The van der Waals surface area contributed by atoms with Crippen molar-refractivity contribution in [3.63, 3.8) is 0 Å². The van der Waals surface area contributed by atoms with Crippen molar-refractivity contribution >= 4 is 45.2 Å². The Bertz CT molecular complexity index is 1230. The molecule has 0 aliphatic carbocycles. The van der Waals surface area contributed by atoms with E-state index in [1.54, 1.807) is 29.8 Å². The Kier molecular flexibility index (Phi) is 7.42. The Labute approximate surface area is 209 Å². The number of hydrogen-bond acceptors (Lipinski definition) is 7. The highest BCUT2D eigenvalue weighted by atomic mass is 79.9. The third-order valence-corrected chi connectivity index (χ3v) is 6.72. The molecule has 0 spiro atoms. The van der Waals surface area contributed by atoms with E-state index in [-0.39, 0.29) is 36.8 Å². The summed E-state index contributed by atoms with van der Waals surface area (Å²) in [5.74, 6) is 1.81. The molecular weight excluding hydrogens is 522 g/mol. The van der Waals surface area contributed by atoms with Crippen LogP contribution < -0.4 is 20.1 Å². The number of hydrogen-bond donors (Lipinski definition) is 2. The van der Waals surface area contributed by atoms with Crippen LogP contribution in [-0.4, -0.2) is 39.1 Å². The number of halogens is 1. The summed E-state index contributed by atoms with van der Waals surface area (Å²) in [5, 5.41) is 14.7. The molecule has 0 bridgehead atoms. The predicted octanol–water partition coefficient (Wildman–Crippen LogP) is 4.09. The molecule has 0 radical (unpaired) electrons. The first kappa shape index (κ1) is 24.1. The molecule has 2 amide bonds. The van der Waals surface area contributed by atoms with Crippen molar-refractivity contribution in [3.8, 4) is 11.5 Å². The number of benzene rings is 2. The van der Waals surface area contributed by atoms with E-state index in [2.05, 4.69) is 50.6 Å². The van der Waals surface area contributed by atoms with Gasteiger partial charge in [0.25, 0.3) is 5.91 Å². The zero-order valence-electron chi connectivity index (χ0n) is 18.9. The maximum atomic E-state index is 12.5. The molecule has 1 aliphatic rings. The molecule has 0 fully saturated rings. The maximum absolute atomic E-state index is 12.5. The Morgan fingerprint density at radius 2 is 1.94 bits per heavy atom. The van der Waals surface area contributed by atoms with Crippen molar-refractivity contribution < 1.29 is 19.1 Å². The van der Waals surface area contributed by atoms with Gasteiger partial charge in [0.2, 0.25) is 12.7 Å². The number of ether oxygens (including phenoxy) is 2. The normalized spacial score (nSPS) is 12.1. The van der Waals surface area contributed by atoms with Gasteiger partial charge in [0.1, 0.15) is 0 Å². The first-order valence-corrected chi connectivity index (χ1v) is 12.4. The largest absolute Gasteiger partial charge is 0.454 e. The average Bonchev–Trinajstić information content (AvgIpc) is 3.42. The van der Waals surface area contributed by atoms with Crippen LogP contribution in [0.15, 0.2) is 46.0 Å². The fourth-order valence-electron chi connectivity index (χ4n) is 3.37. The van der Waals surface area contributed by atoms with Gasteiger partial charge >= 0.3 is 0 Å². The number of aromatic nitrogens is 3. The summed E-state index contributed by atoms with van der Waals surface area (Å²) in [7, 11) is 1.80. The summed E-state index contributed by atoms with van der Waals surface area (Å²) in [5.41, 5.74) is 2.33. The van der Waals surface area contributed by atoms with E-state index in [0.717, 1.165) is 15.7 Å². The third kappa shape index (κ3) is 5.53. The maximum Gasteiger partial charge on any atom is 0.251 e. The van der Waals surface area contributed by atoms with E-state index in [1.807, 2.05) is 18.2 Å². The number of fused-ring (bicyclic) bond motifs is 1. The lowest BCUT2D eigenvalue weighted by Crippen LogP contribution is -2.24. The Morgan fingerprint density at radius 3 is 2.74 bits per heavy atom. The molecule has 2 aromatic carbocycles. The Balaban J connectivity index is 1.31. The summed E-state index contributed by atoms with van der Waals surface area (Å²) in [6.07, 6.45) is 0. The highest BCUT2D eigenvalue weighted by Crippen LogP contribution is 2.32. The molecule has 2 heterocycles. The molecule has 34 heavy (non-hydrogen) atoms. The molecule has 178 valence electrons. The topological polar surface area (TPSA) is 107 Å². The number of carbonyl (C=O) groups excluding carboxylic acids is 2. The van der Waals surface area contributed by atoms with Gasteiger partial charge in [-0.3, -0.25) is 9.59 Å². The monoisotopic (exact) mass is 545 g/mol. The number of nitrogens with zero attached hydrogens (tertiary/aromatic N) is 3. The summed E-state index contributed by atoms with van der Waals surface area (Å²) in [4.78, 5) is 25.0. The average molecular weight is 546 g/mol. The highest BCUT2D eigenvalue weighted by molar-refractivity contribution is 9.10. The first-order chi connectivity index (χ1) is 16.3.